The smallest absolute Gasteiger partial charge is 0.412 e. The van der Waals surface area contributed by atoms with Crippen LogP contribution in [-0.2, 0) is 9.53 Å². The number of benzene rings is 2. The van der Waals surface area contributed by atoms with Crippen LogP contribution in [0.1, 0.15) is 30.9 Å². The van der Waals surface area contributed by atoms with Gasteiger partial charge in [0, 0.05) is 20.9 Å². The van der Waals surface area contributed by atoms with Gasteiger partial charge in [-0.05, 0) is 72.2 Å². The predicted octanol–water partition coefficient (Wildman–Crippen LogP) is 4.52. The van der Waals surface area contributed by atoms with Crippen LogP contribution in [-0.4, -0.2) is 22.3 Å². The number of anilines is 1. The first kappa shape index (κ1) is 21.7. The highest BCUT2D eigenvalue weighted by molar-refractivity contribution is 14.1. The third-order valence-corrected chi connectivity index (χ3v) is 4.49. The summed E-state index contributed by atoms with van der Waals surface area (Å²) < 4.78 is 6.47. The van der Waals surface area contributed by atoms with Crippen molar-refractivity contribution in [1.82, 2.24) is 5.48 Å². The van der Waals surface area contributed by atoms with Gasteiger partial charge in [-0.25, -0.2) is 10.3 Å². The van der Waals surface area contributed by atoms with Gasteiger partial charge in [-0.1, -0.05) is 24.3 Å². The zero-order valence-electron chi connectivity index (χ0n) is 15.0. The minimum absolute atomic E-state index is 0.0492. The van der Waals surface area contributed by atoms with Crippen LogP contribution in [0.3, 0.4) is 0 Å². The fourth-order valence-electron chi connectivity index (χ4n) is 2.51. The molecule has 0 fully saturated rings. The van der Waals surface area contributed by atoms with Gasteiger partial charge < -0.3 is 9.84 Å². The number of amides is 2. The first-order chi connectivity index (χ1) is 13.5. The number of allylic oxidation sites excluding steroid dienone is 1. The molecule has 0 aliphatic carbocycles. The molecule has 2 amide bonds. The molecule has 0 aliphatic rings. The number of aromatic hydroxyl groups is 1. The SMILES string of the molecule is O=C(/C=C/CCC[C@H](OC(=O)Nc1ccccc1)c1cc(I)ccc1O)NO. The summed E-state index contributed by atoms with van der Waals surface area (Å²) in [6, 6.07) is 14.0. The lowest BCUT2D eigenvalue weighted by Crippen LogP contribution is -2.18. The molecule has 8 heteroatoms. The van der Waals surface area contributed by atoms with Crippen LogP contribution in [0.25, 0.3) is 0 Å². The summed E-state index contributed by atoms with van der Waals surface area (Å²) in [4.78, 5) is 23.3. The highest BCUT2D eigenvalue weighted by Crippen LogP contribution is 2.32. The number of phenolic OH excluding ortho intramolecular Hbond substituents is 1. The maximum Gasteiger partial charge on any atom is 0.412 e. The molecule has 0 aliphatic heterocycles. The van der Waals surface area contributed by atoms with Crippen LogP contribution in [0.15, 0.2) is 60.7 Å². The van der Waals surface area contributed by atoms with E-state index in [1.165, 1.54) is 11.6 Å². The van der Waals surface area contributed by atoms with Gasteiger partial charge in [0.25, 0.3) is 5.91 Å². The highest BCUT2D eigenvalue weighted by Gasteiger charge is 2.20. The standard InChI is InChI=1S/C20H21IN2O5/c21-14-11-12-17(24)16(13-14)18(9-5-2-6-10-19(25)23-27)28-20(26)22-15-7-3-1-4-8-15/h1,3-4,6-8,10-13,18,24,27H,2,5,9H2,(H,22,26)(H,23,25)/b10-6+/t18-/m0/s1. The van der Waals surface area contributed by atoms with Gasteiger partial charge >= 0.3 is 6.09 Å². The second-order valence-electron chi connectivity index (χ2n) is 5.90. The summed E-state index contributed by atoms with van der Waals surface area (Å²) in [5.41, 5.74) is 2.64. The molecule has 0 saturated carbocycles. The summed E-state index contributed by atoms with van der Waals surface area (Å²) in [6.45, 7) is 0. The molecule has 0 unspecified atom stereocenters. The van der Waals surface area contributed by atoms with Crippen LogP contribution >= 0.6 is 22.6 Å². The largest absolute Gasteiger partial charge is 0.508 e. The lowest BCUT2D eigenvalue weighted by atomic mass is 10.0. The second kappa shape index (κ2) is 11.3. The predicted molar refractivity (Wildman–Crippen MR) is 113 cm³/mol. The van der Waals surface area contributed by atoms with Gasteiger partial charge in [0.15, 0.2) is 0 Å². The van der Waals surface area contributed by atoms with Crippen LogP contribution < -0.4 is 10.8 Å². The molecule has 0 spiro atoms. The van der Waals surface area contributed by atoms with Crippen LogP contribution in [0.2, 0.25) is 0 Å². The Morgan fingerprint density at radius 1 is 1.18 bits per heavy atom. The number of carbonyl (C=O) groups is 2. The Labute approximate surface area is 176 Å². The number of unbranched alkanes of at least 4 members (excludes halogenated alkanes) is 1. The Balaban J connectivity index is 2.05. The molecule has 28 heavy (non-hydrogen) atoms. The molecule has 0 saturated heterocycles. The maximum absolute atomic E-state index is 12.3. The van der Waals surface area contributed by atoms with E-state index in [2.05, 4.69) is 27.9 Å². The fraction of sp³-hybridized carbons (Fsp3) is 0.200. The van der Waals surface area contributed by atoms with Gasteiger partial charge in [-0.3, -0.25) is 15.3 Å². The van der Waals surface area contributed by atoms with E-state index in [1.807, 2.05) is 6.07 Å². The Bertz CT molecular complexity index is 827. The van der Waals surface area contributed by atoms with Crippen molar-refractivity contribution in [3.05, 3.63) is 69.8 Å². The van der Waals surface area contributed by atoms with Crippen molar-refractivity contribution in [3.63, 3.8) is 0 Å². The molecule has 2 aromatic rings. The molecule has 1 atom stereocenters. The van der Waals surface area contributed by atoms with E-state index >= 15 is 0 Å². The average Bonchev–Trinajstić information content (AvgIpc) is 2.69. The summed E-state index contributed by atoms with van der Waals surface area (Å²) in [7, 11) is 0. The number of hydrogen-bond donors (Lipinski definition) is 4. The number of phenols is 1. The Morgan fingerprint density at radius 2 is 1.93 bits per heavy atom. The summed E-state index contributed by atoms with van der Waals surface area (Å²) in [6.07, 6.45) is 3.15. The molecule has 4 N–H and O–H groups in total. The molecular weight excluding hydrogens is 475 g/mol. The van der Waals surface area contributed by atoms with Crippen molar-refractivity contribution in [2.24, 2.45) is 0 Å². The molecule has 0 aromatic heterocycles. The summed E-state index contributed by atoms with van der Waals surface area (Å²) in [5.74, 6) is -0.557. The number of halogens is 1. The Morgan fingerprint density at radius 3 is 2.64 bits per heavy atom. The first-order valence-corrected chi connectivity index (χ1v) is 9.69. The van der Waals surface area contributed by atoms with E-state index < -0.39 is 18.1 Å². The molecule has 0 radical (unpaired) electrons. The van der Waals surface area contributed by atoms with E-state index in [9.17, 15) is 14.7 Å². The summed E-state index contributed by atoms with van der Waals surface area (Å²) >= 11 is 2.12. The van der Waals surface area contributed by atoms with Gasteiger partial charge in [0.05, 0.1) is 0 Å². The second-order valence-corrected chi connectivity index (χ2v) is 7.14. The summed E-state index contributed by atoms with van der Waals surface area (Å²) in [5, 5.41) is 21.3. The number of hydrogen-bond acceptors (Lipinski definition) is 5. The van der Waals surface area contributed by atoms with E-state index in [1.54, 1.807) is 48.5 Å². The Hall–Kier alpha value is -2.59. The lowest BCUT2D eigenvalue weighted by molar-refractivity contribution is -0.124. The van der Waals surface area contributed by atoms with E-state index in [0.717, 1.165) is 3.57 Å². The van der Waals surface area contributed by atoms with Crippen molar-refractivity contribution < 1.29 is 24.6 Å². The van der Waals surface area contributed by atoms with Crippen LogP contribution in [0.4, 0.5) is 10.5 Å². The van der Waals surface area contributed by atoms with Gasteiger partial charge in [-0.15, -0.1) is 0 Å². The first-order valence-electron chi connectivity index (χ1n) is 8.61. The molecular formula is C20H21IN2O5. The fourth-order valence-corrected chi connectivity index (χ4v) is 3.02. The number of rotatable bonds is 8. The van der Waals surface area contributed by atoms with Crippen molar-refractivity contribution in [3.8, 4) is 5.75 Å². The van der Waals surface area contributed by atoms with Crippen molar-refractivity contribution >= 4 is 40.3 Å². The zero-order chi connectivity index (χ0) is 20.4. The number of carbonyl (C=O) groups excluding carboxylic acids is 2. The minimum Gasteiger partial charge on any atom is -0.508 e. The highest BCUT2D eigenvalue weighted by atomic mass is 127. The number of nitrogens with one attached hydrogen (secondary N) is 2. The van der Waals surface area contributed by atoms with Crippen molar-refractivity contribution in [2.75, 3.05) is 5.32 Å². The molecule has 0 bridgehead atoms. The van der Waals surface area contributed by atoms with Gasteiger partial charge in [0.2, 0.25) is 0 Å². The minimum atomic E-state index is -0.654. The van der Waals surface area contributed by atoms with Crippen molar-refractivity contribution in [2.45, 2.75) is 25.4 Å². The Kier molecular flexibility index (Phi) is 8.76. The number of para-hydroxylation sites is 1. The molecule has 0 heterocycles. The van der Waals surface area contributed by atoms with Crippen molar-refractivity contribution in [1.29, 1.82) is 0 Å². The van der Waals surface area contributed by atoms with Crippen LogP contribution in [0.5, 0.6) is 5.75 Å². The van der Waals surface area contributed by atoms with E-state index in [-0.39, 0.29) is 5.75 Å². The third-order valence-electron chi connectivity index (χ3n) is 3.82. The van der Waals surface area contributed by atoms with E-state index in [4.69, 9.17) is 9.94 Å². The van der Waals surface area contributed by atoms with E-state index in [0.29, 0.717) is 30.5 Å². The maximum atomic E-state index is 12.3. The lowest BCUT2D eigenvalue weighted by Gasteiger charge is -2.20. The van der Waals surface area contributed by atoms with Gasteiger partial charge in [0.1, 0.15) is 11.9 Å². The number of hydroxylamine groups is 1. The zero-order valence-corrected chi connectivity index (χ0v) is 17.1. The third kappa shape index (κ3) is 7.20. The normalized spacial score (nSPS) is 11.8. The average molecular weight is 496 g/mol. The molecule has 2 aromatic carbocycles. The molecule has 7 nitrogen and oxygen atoms in total. The topological polar surface area (TPSA) is 108 Å². The quantitative estimate of drug-likeness (QED) is 0.141. The van der Waals surface area contributed by atoms with Crippen LogP contribution in [0, 0.1) is 3.57 Å². The monoisotopic (exact) mass is 496 g/mol. The molecule has 148 valence electrons. The molecule has 2 rings (SSSR count). The van der Waals surface area contributed by atoms with Gasteiger partial charge in [-0.2, -0.15) is 0 Å². The number of ether oxygens (including phenoxy) is 1.